The quantitative estimate of drug-likeness (QED) is 0.355. The smallest absolute Gasteiger partial charge is 0.124 e. The van der Waals surface area contributed by atoms with Gasteiger partial charge in [-0.25, -0.2) is 9.97 Å². The monoisotopic (exact) mass is 455 g/mol. The number of hydrogen-bond donors (Lipinski definition) is 4. The first-order valence-electron chi connectivity index (χ1n) is 12.9. The summed E-state index contributed by atoms with van der Waals surface area (Å²) in [6, 6.07) is 15.2. The van der Waals surface area contributed by atoms with Crippen molar-refractivity contribution < 1.29 is 0 Å². The fourth-order valence-corrected chi connectivity index (χ4v) is 6.42. The zero-order valence-electron chi connectivity index (χ0n) is 19.8. The molecule has 0 amide bonds. The van der Waals surface area contributed by atoms with E-state index in [9.17, 15) is 0 Å². The van der Waals surface area contributed by atoms with E-state index in [1.165, 1.54) is 36.8 Å². The summed E-state index contributed by atoms with van der Waals surface area (Å²) in [4.78, 5) is 19.5. The maximum atomic E-state index is 4.86. The van der Waals surface area contributed by atoms with Crippen LogP contribution < -0.4 is 10.6 Å². The highest BCUT2D eigenvalue weighted by molar-refractivity contribution is 5.77. The predicted octanol–water partition coefficient (Wildman–Crippen LogP) is 4.80. The highest BCUT2D eigenvalue weighted by Crippen LogP contribution is 2.43. The second-order valence-electron chi connectivity index (χ2n) is 10.4. The van der Waals surface area contributed by atoms with Crippen LogP contribution in [0.1, 0.15) is 85.5 Å². The average Bonchev–Trinajstić information content (AvgIpc) is 3.66. The van der Waals surface area contributed by atoms with Gasteiger partial charge in [0.25, 0.3) is 0 Å². The van der Waals surface area contributed by atoms with E-state index in [2.05, 4.69) is 68.9 Å². The van der Waals surface area contributed by atoms with Gasteiger partial charge in [-0.2, -0.15) is 0 Å². The molecule has 3 saturated heterocycles. The molecule has 2 unspecified atom stereocenters. The van der Waals surface area contributed by atoms with E-state index in [1.54, 1.807) is 0 Å². The molecule has 4 aromatic rings. The topological polar surface area (TPSA) is 84.7 Å². The number of aromatic nitrogens is 4. The van der Waals surface area contributed by atoms with Gasteiger partial charge in [0.1, 0.15) is 11.6 Å². The molecule has 176 valence electrons. The molecule has 4 atom stereocenters. The van der Waals surface area contributed by atoms with Crippen molar-refractivity contribution in [3.8, 4) is 0 Å². The van der Waals surface area contributed by atoms with Crippen molar-refractivity contribution in [1.82, 2.24) is 35.5 Å². The van der Waals surface area contributed by atoms with Crippen molar-refractivity contribution in [2.24, 2.45) is 0 Å². The molecule has 0 aliphatic carbocycles. The number of H-pyrrole nitrogens is 2. The summed E-state index contributed by atoms with van der Waals surface area (Å²) < 4.78 is 0. The van der Waals surface area contributed by atoms with E-state index in [-0.39, 0.29) is 0 Å². The molecular formula is C27H33N7. The maximum Gasteiger partial charge on any atom is 0.124 e. The number of nitrogens with one attached hydrogen (secondary N) is 4. The Labute approximate surface area is 199 Å². The van der Waals surface area contributed by atoms with Crippen molar-refractivity contribution >= 4 is 22.1 Å². The number of nitrogens with zero attached hydrogens (tertiary/aromatic N) is 3. The van der Waals surface area contributed by atoms with Crippen LogP contribution in [0.15, 0.2) is 36.4 Å². The number of imidazole rings is 2. The van der Waals surface area contributed by atoms with Crippen LogP contribution in [0.5, 0.6) is 0 Å². The van der Waals surface area contributed by atoms with Gasteiger partial charge in [-0.1, -0.05) is 12.1 Å². The molecule has 0 saturated carbocycles. The minimum absolute atomic E-state index is 0.372. The first-order valence-corrected chi connectivity index (χ1v) is 12.9. The van der Waals surface area contributed by atoms with Crippen LogP contribution >= 0.6 is 0 Å². The SMILES string of the molecule is CN1C(c2ccc3nc([C@@H]4CCCN4)[nH]c3c2)CC[C@@H]1c1ccc2nc(C3CCCN3)[nH]c2c1. The third-order valence-electron chi connectivity index (χ3n) is 8.30. The van der Waals surface area contributed by atoms with Gasteiger partial charge in [0.15, 0.2) is 0 Å². The molecule has 2 aromatic carbocycles. The van der Waals surface area contributed by atoms with Crippen LogP contribution in [0.2, 0.25) is 0 Å². The van der Waals surface area contributed by atoms with Gasteiger partial charge in [-0.3, -0.25) is 4.90 Å². The van der Waals surface area contributed by atoms with Crippen molar-refractivity contribution in [2.45, 2.75) is 62.7 Å². The normalized spacial score (nSPS) is 28.0. The van der Waals surface area contributed by atoms with Crippen LogP contribution in [-0.4, -0.2) is 45.0 Å². The van der Waals surface area contributed by atoms with Gasteiger partial charge < -0.3 is 20.6 Å². The summed E-state index contributed by atoms with van der Waals surface area (Å²) in [5.41, 5.74) is 7.22. The molecule has 0 spiro atoms. The van der Waals surface area contributed by atoms with E-state index in [1.807, 2.05) is 0 Å². The van der Waals surface area contributed by atoms with Crippen molar-refractivity contribution in [2.75, 3.05) is 20.1 Å². The summed E-state index contributed by atoms with van der Waals surface area (Å²) in [5, 5.41) is 7.10. The predicted molar refractivity (Wildman–Crippen MR) is 135 cm³/mol. The lowest BCUT2D eigenvalue weighted by Gasteiger charge is -2.26. The molecular weight excluding hydrogens is 422 g/mol. The van der Waals surface area contributed by atoms with Gasteiger partial charge >= 0.3 is 0 Å². The van der Waals surface area contributed by atoms with Crippen LogP contribution in [0.3, 0.4) is 0 Å². The largest absolute Gasteiger partial charge is 0.341 e. The molecule has 4 N–H and O–H groups in total. The van der Waals surface area contributed by atoms with Gasteiger partial charge in [0.2, 0.25) is 0 Å². The first kappa shape index (κ1) is 20.6. The molecule has 7 rings (SSSR count). The molecule has 3 aliphatic heterocycles. The Kier molecular flexibility index (Phi) is 4.96. The Morgan fingerprint density at radius 3 is 1.65 bits per heavy atom. The maximum absolute atomic E-state index is 4.86. The highest BCUT2D eigenvalue weighted by Gasteiger charge is 2.33. The molecule has 0 radical (unpaired) electrons. The number of benzene rings is 2. The molecule has 34 heavy (non-hydrogen) atoms. The van der Waals surface area contributed by atoms with E-state index < -0.39 is 0 Å². The van der Waals surface area contributed by atoms with E-state index in [0.717, 1.165) is 59.6 Å². The third-order valence-corrected chi connectivity index (χ3v) is 8.30. The molecule has 3 fully saturated rings. The Balaban J connectivity index is 1.13. The summed E-state index contributed by atoms with van der Waals surface area (Å²) in [7, 11) is 2.28. The Bertz CT molecular complexity index is 1220. The minimum Gasteiger partial charge on any atom is -0.341 e. The second kappa shape index (κ2) is 8.18. The van der Waals surface area contributed by atoms with E-state index in [4.69, 9.17) is 9.97 Å². The fraction of sp³-hybridized carbons (Fsp3) is 0.481. The number of fused-ring (bicyclic) bond motifs is 2. The van der Waals surface area contributed by atoms with Gasteiger partial charge in [0, 0.05) is 12.1 Å². The number of aromatic amines is 2. The molecule has 5 heterocycles. The lowest BCUT2D eigenvalue weighted by Crippen LogP contribution is -2.21. The van der Waals surface area contributed by atoms with Crippen LogP contribution in [0.25, 0.3) is 22.1 Å². The van der Waals surface area contributed by atoms with Crippen LogP contribution in [-0.2, 0) is 0 Å². The Morgan fingerprint density at radius 1 is 0.706 bits per heavy atom. The molecule has 7 nitrogen and oxygen atoms in total. The van der Waals surface area contributed by atoms with Crippen LogP contribution in [0.4, 0.5) is 0 Å². The van der Waals surface area contributed by atoms with Gasteiger partial charge in [-0.05, 0) is 94.1 Å². The minimum atomic E-state index is 0.372. The van der Waals surface area contributed by atoms with E-state index in [0.29, 0.717) is 24.2 Å². The highest BCUT2D eigenvalue weighted by atomic mass is 15.2. The molecule has 2 aromatic heterocycles. The zero-order valence-corrected chi connectivity index (χ0v) is 19.8. The third kappa shape index (κ3) is 3.45. The van der Waals surface area contributed by atoms with E-state index >= 15 is 0 Å². The molecule has 3 aliphatic rings. The average molecular weight is 456 g/mol. The molecule has 7 heteroatoms. The van der Waals surface area contributed by atoms with Crippen molar-refractivity contribution in [3.63, 3.8) is 0 Å². The Morgan fingerprint density at radius 2 is 1.21 bits per heavy atom. The zero-order chi connectivity index (χ0) is 22.6. The standard InChI is InChI=1S/C27H33N7/c1-34-24(16-6-8-18-22(14-16)32-26(30-18)20-4-2-12-28-20)10-11-25(34)17-7-9-19-23(15-17)33-27(31-19)21-5-3-13-29-21/h6-9,14-15,20-21,24-25,28-29H,2-5,10-13H2,1H3,(H,30,32)(H,31,33)/t20-,21?,24?,25+/m0/s1. The summed E-state index contributed by atoms with van der Waals surface area (Å²) in [5.74, 6) is 2.17. The summed E-state index contributed by atoms with van der Waals surface area (Å²) in [6.45, 7) is 2.18. The summed E-state index contributed by atoms with van der Waals surface area (Å²) >= 11 is 0. The fourth-order valence-electron chi connectivity index (χ4n) is 6.42. The van der Waals surface area contributed by atoms with Crippen LogP contribution in [0, 0.1) is 0 Å². The second-order valence-corrected chi connectivity index (χ2v) is 10.4. The lowest BCUT2D eigenvalue weighted by molar-refractivity contribution is 0.246. The van der Waals surface area contributed by atoms with Gasteiger partial charge in [0.05, 0.1) is 34.2 Å². The van der Waals surface area contributed by atoms with Crippen molar-refractivity contribution in [1.29, 1.82) is 0 Å². The van der Waals surface area contributed by atoms with Crippen molar-refractivity contribution in [3.05, 3.63) is 59.2 Å². The Hall–Kier alpha value is -2.74. The number of likely N-dealkylation sites (tertiary alicyclic amines) is 1. The summed E-state index contributed by atoms with van der Waals surface area (Å²) in [6.07, 6.45) is 7.11. The molecule has 0 bridgehead atoms. The first-order chi connectivity index (χ1) is 16.7. The number of hydrogen-bond acceptors (Lipinski definition) is 5. The number of rotatable bonds is 4. The lowest BCUT2D eigenvalue weighted by atomic mass is 10.0. The van der Waals surface area contributed by atoms with Gasteiger partial charge in [-0.15, -0.1) is 0 Å².